The van der Waals surface area contributed by atoms with E-state index < -0.39 is 35.9 Å². The molecule has 0 radical (unpaired) electrons. The summed E-state index contributed by atoms with van der Waals surface area (Å²) in [6.45, 7) is 0. The number of aliphatic hydroxyl groups excluding tert-OH is 3. The lowest BCUT2D eigenvalue weighted by molar-refractivity contribution is -0.137. The zero-order valence-electron chi connectivity index (χ0n) is 16.9. The van der Waals surface area contributed by atoms with Crippen molar-refractivity contribution in [3.63, 3.8) is 0 Å². The quantitative estimate of drug-likeness (QED) is 0.342. The molecule has 2 rings (SSSR count). The minimum absolute atomic E-state index is 0.00699. The summed E-state index contributed by atoms with van der Waals surface area (Å²) in [7, 11) is 0. The van der Waals surface area contributed by atoms with Crippen LogP contribution in [-0.2, 0) is 4.79 Å². The van der Waals surface area contributed by atoms with Crippen molar-refractivity contribution in [1.82, 2.24) is 0 Å². The van der Waals surface area contributed by atoms with E-state index in [1.807, 2.05) is 0 Å². The van der Waals surface area contributed by atoms with Gasteiger partial charge in [0.2, 0.25) is 0 Å². The van der Waals surface area contributed by atoms with Gasteiger partial charge in [0.1, 0.15) is 17.7 Å². The topological polar surface area (TPSA) is 98.0 Å². The number of hydrogen-bond donors (Lipinski definition) is 4. The molecule has 1 aromatic carbocycles. The van der Waals surface area contributed by atoms with Crippen LogP contribution in [0.2, 0.25) is 0 Å². The summed E-state index contributed by atoms with van der Waals surface area (Å²) in [6.07, 6.45) is 2.85. The normalized spacial score (nSPS) is 24.3. The molecule has 5 nitrogen and oxygen atoms in total. The fourth-order valence-corrected chi connectivity index (χ4v) is 4.16. The summed E-state index contributed by atoms with van der Waals surface area (Å²) < 4.78 is 26.5. The number of aliphatic carboxylic acids is 1. The molecule has 7 heteroatoms. The molecule has 0 amide bonds. The molecule has 0 aliphatic heterocycles. The molecule has 0 heterocycles. The first-order chi connectivity index (χ1) is 14.3. The molecule has 1 saturated carbocycles. The van der Waals surface area contributed by atoms with Crippen molar-refractivity contribution in [2.75, 3.05) is 0 Å². The van der Waals surface area contributed by atoms with Gasteiger partial charge in [-0.3, -0.25) is 4.79 Å². The highest BCUT2D eigenvalue weighted by Crippen LogP contribution is 2.39. The average Bonchev–Trinajstić information content (AvgIpc) is 2.94. The number of unbranched alkanes of at least 4 members (excludes halogenated alkanes) is 3. The summed E-state index contributed by atoms with van der Waals surface area (Å²) in [5.74, 6) is 2.56. The maximum absolute atomic E-state index is 13.6. The summed E-state index contributed by atoms with van der Waals surface area (Å²) in [4.78, 5) is 10.5. The van der Waals surface area contributed by atoms with Gasteiger partial charge in [-0.2, -0.15) is 0 Å². The lowest BCUT2D eigenvalue weighted by Crippen LogP contribution is -2.23. The summed E-state index contributed by atoms with van der Waals surface area (Å²) >= 11 is 0. The average molecular weight is 424 g/mol. The third-order valence-electron chi connectivity index (χ3n) is 5.78. The standard InChI is InChI=1S/C23H30F2O5/c24-16-9-7-15(20(25)13-16)8-10-17(26)11-12-19-18(21(27)14-22(19)28)5-3-1-2-4-6-23(29)30/h7,9,13,17-19,21-22,26-28H,1-6,11-12,14H2,(H,29,30)/t17?,18-,19-,21+,22-/m1/s1. The molecule has 0 aromatic heterocycles. The fourth-order valence-electron chi connectivity index (χ4n) is 4.16. The first-order valence-electron chi connectivity index (χ1n) is 10.5. The lowest BCUT2D eigenvalue weighted by Gasteiger charge is -2.24. The van der Waals surface area contributed by atoms with Gasteiger partial charge in [0, 0.05) is 12.5 Å². The molecule has 0 spiro atoms. The van der Waals surface area contributed by atoms with E-state index >= 15 is 0 Å². The van der Waals surface area contributed by atoms with Gasteiger partial charge in [-0.1, -0.05) is 31.1 Å². The van der Waals surface area contributed by atoms with Crippen molar-refractivity contribution < 1.29 is 34.0 Å². The van der Waals surface area contributed by atoms with Crippen molar-refractivity contribution >= 4 is 5.97 Å². The largest absolute Gasteiger partial charge is 0.481 e. The number of rotatable bonds is 10. The first kappa shape index (κ1) is 24.3. The van der Waals surface area contributed by atoms with E-state index in [4.69, 9.17) is 5.11 Å². The van der Waals surface area contributed by atoms with Gasteiger partial charge in [-0.15, -0.1) is 0 Å². The molecule has 0 saturated heterocycles. The Bertz CT molecular complexity index is 758. The first-order valence-corrected chi connectivity index (χ1v) is 10.5. The maximum Gasteiger partial charge on any atom is 0.303 e. The van der Waals surface area contributed by atoms with Crippen LogP contribution in [0.5, 0.6) is 0 Å². The van der Waals surface area contributed by atoms with E-state index in [-0.39, 0.29) is 30.2 Å². The third-order valence-corrected chi connectivity index (χ3v) is 5.78. The third kappa shape index (κ3) is 7.67. The Balaban J connectivity index is 1.81. The minimum atomic E-state index is -1.02. The Labute approximate surface area is 175 Å². The Morgan fingerprint density at radius 3 is 2.40 bits per heavy atom. The van der Waals surface area contributed by atoms with Gasteiger partial charge >= 0.3 is 5.97 Å². The Hall–Kier alpha value is -2.01. The van der Waals surface area contributed by atoms with Gasteiger partial charge in [0.15, 0.2) is 0 Å². The highest BCUT2D eigenvalue weighted by atomic mass is 19.1. The van der Waals surface area contributed by atoms with E-state index in [2.05, 4.69) is 11.8 Å². The van der Waals surface area contributed by atoms with E-state index in [0.717, 1.165) is 37.8 Å². The van der Waals surface area contributed by atoms with E-state index in [0.29, 0.717) is 19.3 Å². The van der Waals surface area contributed by atoms with Gasteiger partial charge < -0.3 is 20.4 Å². The van der Waals surface area contributed by atoms with Crippen molar-refractivity contribution in [2.24, 2.45) is 11.8 Å². The highest BCUT2D eigenvalue weighted by Gasteiger charge is 2.40. The number of carbonyl (C=O) groups is 1. The van der Waals surface area contributed by atoms with Gasteiger partial charge in [-0.25, -0.2) is 8.78 Å². The predicted molar refractivity (Wildman–Crippen MR) is 107 cm³/mol. The molecule has 1 fully saturated rings. The molecule has 30 heavy (non-hydrogen) atoms. The molecule has 1 aliphatic carbocycles. The van der Waals surface area contributed by atoms with Crippen LogP contribution in [0.4, 0.5) is 8.78 Å². The number of hydrogen-bond acceptors (Lipinski definition) is 4. The highest BCUT2D eigenvalue weighted by molar-refractivity contribution is 5.66. The second kappa shape index (κ2) is 12.0. The summed E-state index contributed by atoms with van der Waals surface area (Å²) in [5, 5.41) is 39.3. The van der Waals surface area contributed by atoms with Crippen molar-refractivity contribution in [3.8, 4) is 11.8 Å². The molecule has 1 unspecified atom stereocenters. The van der Waals surface area contributed by atoms with Crippen LogP contribution >= 0.6 is 0 Å². The second-order valence-electron chi connectivity index (χ2n) is 8.03. The minimum Gasteiger partial charge on any atom is -0.481 e. The Kier molecular flexibility index (Phi) is 9.70. The zero-order chi connectivity index (χ0) is 22.1. The van der Waals surface area contributed by atoms with Crippen molar-refractivity contribution in [1.29, 1.82) is 0 Å². The Morgan fingerprint density at radius 1 is 1.07 bits per heavy atom. The molecule has 4 N–H and O–H groups in total. The van der Waals surface area contributed by atoms with Crippen LogP contribution in [0.3, 0.4) is 0 Å². The van der Waals surface area contributed by atoms with Gasteiger partial charge in [0.05, 0.1) is 17.8 Å². The van der Waals surface area contributed by atoms with Crippen LogP contribution in [0.25, 0.3) is 0 Å². The van der Waals surface area contributed by atoms with Crippen LogP contribution < -0.4 is 0 Å². The van der Waals surface area contributed by atoms with E-state index in [1.165, 1.54) is 6.07 Å². The number of carboxylic acids is 1. The fraction of sp³-hybridized carbons (Fsp3) is 0.609. The maximum atomic E-state index is 13.6. The summed E-state index contributed by atoms with van der Waals surface area (Å²) in [5.41, 5.74) is 0.00699. The molecular weight excluding hydrogens is 394 g/mol. The molecule has 166 valence electrons. The number of aliphatic hydroxyl groups is 3. The molecular formula is C23H30F2O5. The monoisotopic (exact) mass is 424 g/mol. The number of carboxylic acid groups (broad SMARTS) is 1. The van der Waals surface area contributed by atoms with Crippen molar-refractivity contribution in [3.05, 3.63) is 35.4 Å². The molecule has 1 aromatic rings. The molecule has 0 bridgehead atoms. The van der Waals surface area contributed by atoms with Gasteiger partial charge in [0.25, 0.3) is 0 Å². The SMILES string of the molecule is O=C(O)CCCCCC[C@@H]1[C@@H](CCC(O)C#Cc2ccc(F)cc2F)[C@H](O)C[C@@H]1O. The smallest absolute Gasteiger partial charge is 0.303 e. The van der Waals surface area contributed by atoms with Crippen molar-refractivity contribution in [2.45, 2.75) is 76.1 Å². The van der Waals surface area contributed by atoms with E-state index in [9.17, 15) is 28.9 Å². The molecule has 1 aliphatic rings. The van der Waals surface area contributed by atoms with Crippen LogP contribution in [0.15, 0.2) is 18.2 Å². The molecule has 5 atom stereocenters. The number of benzene rings is 1. The Morgan fingerprint density at radius 2 is 1.73 bits per heavy atom. The van der Waals surface area contributed by atoms with Gasteiger partial charge in [-0.05, 0) is 56.1 Å². The predicted octanol–water partition coefficient (Wildman–Crippen LogP) is 3.24. The van der Waals surface area contributed by atoms with Crippen LogP contribution in [-0.4, -0.2) is 44.7 Å². The second-order valence-corrected chi connectivity index (χ2v) is 8.03. The van der Waals surface area contributed by atoms with Crippen LogP contribution in [0, 0.1) is 35.3 Å². The van der Waals surface area contributed by atoms with E-state index in [1.54, 1.807) is 0 Å². The lowest BCUT2D eigenvalue weighted by atomic mass is 9.85. The van der Waals surface area contributed by atoms with Crippen LogP contribution in [0.1, 0.15) is 63.4 Å². The number of halogens is 2. The summed E-state index contributed by atoms with van der Waals surface area (Å²) in [6, 6.07) is 3.05. The zero-order valence-corrected chi connectivity index (χ0v) is 16.9.